The highest BCUT2D eigenvalue weighted by Crippen LogP contribution is 2.41. The van der Waals surface area contributed by atoms with Gasteiger partial charge >= 0.3 is 0 Å². The third-order valence-corrected chi connectivity index (χ3v) is 9.90. The summed E-state index contributed by atoms with van der Waals surface area (Å²) in [5.41, 5.74) is 1.27. The third kappa shape index (κ3) is 6.68. The van der Waals surface area contributed by atoms with Gasteiger partial charge in [0.1, 0.15) is 35.1 Å². The Labute approximate surface area is 283 Å². The standard InChI is InChI=1S/C34H50N10O4/c1-11-33(3,4)43-31(35-37-39-43)29(25-21-23(45-7)13-15-27(25)47-9)41-17-19-42(20-18-41)30(26-22-24(46-8)14-16-28(26)48-10)32-36-38-40-44(32)34(5,6)12-2/h13-16,21-22,29-30H,11-12,17-20H2,1-10H3/t29-,30+. The van der Waals surface area contributed by atoms with E-state index in [-0.39, 0.29) is 23.2 Å². The van der Waals surface area contributed by atoms with Crippen molar-refractivity contribution in [3.63, 3.8) is 0 Å². The molecule has 0 bridgehead atoms. The quantitative estimate of drug-likeness (QED) is 0.189. The summed E-state index contributed by atoms with van der Waals surface area (Å²) >= 11 is 0. The lowest BCUT2D eigenvalue weighted by atomic mass is 9.96. The molecule has 4 aromatic rings. The van der Waals surface area contributed by atoms with E-state index in [0.29, 0.717) is 26.2 Å². The number of ether oxygens (including phenoxy) is 4. The van der Waals surface area contributed by atoms with Crippen LogP contribution in [0.1, 0.15) is 89.2 Å². The van der Waals surface area contributed by atoms with Gasteiger partial charge in [0.25, 0.3) is 0 Å². The predicted molar refractivity (Wildman–Crippen MR) is 181 cm³/mol. The summed E-state index contributed by atoms with van der Waals surface area (Å²) in [6.45, 7) is 15.7. The van der Waals surface area contributed by atoms with Crippen molar-refractivity contribution in [2.75, 3.05) is 54.6 Å². The largest absolute Gasteiger partial charge is 0.497 e. The fourth-order valence-electron chi connectivity index (χ4n) is 6.25. The summed E-state index contributed by atoms with van der Waals surface area (Å²) in [7, 11) is 6.72. The van der Waals surface area contributed by atoms with Crippen LogP contribution in [0.15, 0.2) is 36.4 Å². The first-order chi connectivity index (χ1) is 23.0. The molecule has 2 atom stereocenters. The molecule has 0 amide bonds. The Kier molecular flexibility index (Phi) is 10.5. The Balaban J connectivity index is 1.59. The van der Waals surface area contributed by atoms with Crippen LogP contribution in [0.3, 0.4) is 0 Å². The molecular formula is C34H50N10O4. The number of benzene rings is 2. The average Bonchev–Trinajstić information content (AvgIpc) is 3.81. The minimum absolute atomic E-state index is 0.299. The molecule has 3 heterocycles. The Morgan fingerprint density at radius 3 is 1.29 bits per heavy atom. The van der Waals surface area contributed by atoms with Crippen molar-refractivity contribution in [3.8, 4) is 23.0 Å². The zero-order valence-electron chi connectivity index (χ0n) is 30.0. The highest BCUT2D eigenvalue weighted by atomic mass is 16.5. The van der Waals surface area contributed by atoms with Gasteiger partial charge in [0.05, 0.1) is 39.5 Å². The molecule has 0 N–H and O–H groups in total. The molecule has 1 fully saturated rings. The van der Waals surface area contributed by atoms with Crippen LogP contribution in [0.25, 0.3) is 0 Å². The predicted octanol–water partition coefficient (Wildman–Crippen LogP) is 4.48. The van der Waals surface area contributed by atoms with E-state index in [2.05, 4.69) is 82.4 Å². The molecule has 2 aromatic heterocycles. The van der Waals surface area contributed by atoms with Crippen LogP contribution >= 0.6 is 0 Å². The van der Waals surface area contributed by atoms with Crippen LogP contribution in [0.2, 0.25) is 0 Å². The molecule has 0 radical (unpaired) electrons. The number of methoxy groups -OCH3 is 4. The van der Waals surface area contributed by atoms with Crippen molar-refractivity contribution < 1.29 is 18.9 Å². The number of piperazine rings is 1. The van der Waals surface area contributed by atoms with Crippen LogP contribution < -0.4 is 18.9 Å². The Hall–Kier alpha value is -4.30. The van der Waals surface area contributed by atoms with Gasteiger partial charge in [-0.15, -0.1) is 10.2 Å². The Morgan fingerprint density at radius 2 is 0.979 bits per heavy atom. The molecule has 1 saturated heterocycles. The van der Waals surface area contributed by atoms with E-state index < -0.39 is 0 Å². The molecular weight excluding hydrogens is 612 g/mol. The average molecular weight is 663 g/mol. The van der Waals surface area contributed by atoms with E-state index in [1.54, 1.807) is 28.4 Å². The normalized spacial score (nSPS) is 16.0. The lowest BCUT2D eigenvalue weighted by molar-refractivity contribution is 0.0767. The molecule has 1 aliphatic rings. The number of tetrazole rings is 2. The zero-order chi connectivity index (χ0) is 34.6. The number of hydrogen-bond donors (Lipinski definition) is 0. The summed E-state index contributed by atoms with van der Waals surface area (Å²) in [6, 6.07) is 11.2. The van der Waals surface area contributed by atoms with Gasteiger partial charge in [0.2, 0.25) is 0 Å². The number of hydrogen-bond acceptors (Lipinski definition) is 12. The first-order valence-corrected chi connectivity index (χ1v) is 16.5. The first-order valence-electron chi connectivity index (χ1n) is 16.5. The first kappa shape index (κ1) is 35.0. The maximum Gasteiger partial charge on any atom is 0.173 e. The van der Waals surface area contributed by atoms with Gasteiger partial charge in [-0.25, -0.2) is 9.36 Å². The monoisotopic (exact) mass is 662 g/mol. The van der Waals surface area contributed by atoms with Gasteiger partial charge in [-0.05, 0) is 97.8 Å². The molecule has 1 aliphatic heterocycles. The van der Waals surface area contributed by atoms with Crippen LogP contribution in [0.5, 0.6) is 23.0 Å². The van der Waals surface area contributed by atoms with Crippen LogP contribution in [-0.2, 0) is 11.1 Å². The molecule has 5 rings (SSSR count). The fraction of sp³-hybridized carbons (Fsp3) is 0.588. The summed E-state index contributed by atoms with van der Waals surface area (Å²) in [6.07, 6.45) is 1.71. The lowest BCUT2D eigenvalue weighted by Crippen LogP contribution is -2.50. The van der Waals surface area contributed by atoms with Gasteiger partial charge in [-0.1, -0.05) is 13.8 Å². The SMILES string of the molecule is CCC(C)(C)n1nnnc1[C@@H](c1cc(OC)ccc1OC)N1CCN([C@@H](c2cc(OC)ccc2OC)c2nnnn2C(C)(C)CC)CC1. The molecule has 0 unspecified atom stereocenters. The molecule has 14 heteroatoms. The lowest BCUT2D eigenvalue weighted by Gasteiger charge is -2.43. The second-order valence-electron chi connectivity index (χ2n) is 13.3. The maximum atomic E-state index is 5.91. The van der Waals surface area contributed by atoms with E-state index in [4.69, 9.17) is 18.9 Å². The molecule has 0 aliphatic carbocycles. The number of rotatable bonds is 14. The van der Waals surface area contributed by atoms with E-state index in [0.717, 1.165) is 58.6 Å². The van der Waals surface area contributed by atoms with E-state index >= 15 is 0 Å². The van der Waals surface area contributed by atoms with Gasteiger partial charge in [-0.3, -0.25) is 9.80 Å². The summed E-state index contributed by atoms with van der Waals surface area (Å²) in [5.74, 6) is 4.46. The minimum atomic E-state index is -0.303. The van der Waals surface area contributed by atoms with Crippen molar-refractivity contribution >= 4 is 0 Å². The molecule has 48 heavy (non-hydrogen) atoms. The minimum Gasteiger partial charge on any atom is -0.497 e. The summed E-state index contributed by atoms with van der Waals surface area (Å²) < 4.78 is 27.1. The van der Waals surface area contributed by atoms with Crippen molar-refractivity contribution in [1.29, 1.82) is 0 Å². The molecule has 0 saturated carbocycles. The Bertz CT molecular complexity index is 1540. The molecule has 14 nitrogen and oxygen atoms in total. The van der Waals surface area contributed by atoms with Gasteiger partial charge in [-0.2, -0.15) is 0 Å². The summed E-state index contributed by atoms with van der Waals surface area (Å²) in [5, 5.41) is 26.6. The summed E-state index contributed by atoms with van der Waals surface area (Å²) in [4.78, 5) is 4.83. The smallest absolute Gasteiger partial charge is 0.173 e. The van der Waals surface area contributed by atoms with Gasteiger partial charge < -0.3 is 18.9 Å². The number of aromatic nitrogens is 8. The van der Waals surface area contributed by atoms with E-state index in [1.807, 2.05) is 45.8 Å². The number of nitrogens with zero attached hydrogens (tertiary/aromatic N) is 10. The van der Waals surface area contributed by atoms with Crippen molar-refractivity contribution in [2.24, 2.45) is 0 Å². The van der Waals surface area contributed by atoms with Crippen molar-refractivity contribution in [1.82, 2.24) is 50.2 Å². The molecule has 0 spiro atoms. The third-order valence-electron chi connectivity index (χ3n) is 9.90. The molecule has 260 valence electrons. The zero-order valence-corrected chi connectivity index (χ0v) is 30.0. The van der Waals surface area contributed by atoms with Crippen LogP contribution in [0.4, 0.5) is 0 Å². The van der Waals surface area contributed by atoms with Gasteiger partial charge in [0, 0.05) is 37.3 Å². The van der Waals surface area contributed by atoms with Gasteiger partial charge in [0.15, 0.2) is 11.6 Å². The fourth-order valence-corrected chi connectivity index (χ4v) is 6.25. The van der Waals surface area contributed by atoms with Crippen molar-refractivity contribution in [2.45, 2.75) is 77.5 Å². The Morgan fingerprint density at radius 1 is 0.604 bits per heavy atom. The van der Waals surface area contributed by atoms with Crippen molar-refractivity contribution in [3.05, 3.63) is 59.2 Å². The highest BCUT2D eigenvalue weighted by Gasteiger charge is 2.40. The topological polar surface area (TPSA) is 131 Å². The van der Waals surface area contributed by atoms with Crippen LogP contribution in [-0.4, -0.2) is 105 Å². The van der Waals surface area contributed by atoms with E-state index in [9.17, 15) is 0 Å². The molecule has 2 aromatic carbocycles. The highest BCUT2D eigenvalue weighted by molar-refractivity contribution is 5.46. The second kappa shape index (κ2) is 14.4. The van der Waals surface area contributed by atoms with Crippen LogP contribution in [0, 0.1) is 0 Å². The van der Waals surface area contributed by atoms with E-state index in [1.165, 1.54) is 0 Å². The second-order valence-corrected chi connectivity index (χ2v) is 13.3. The maximum absolute atomic E-state index is 5.91.